The van der Waals surface area contributed by atoms with Crippen molar-refractivity contribution in [3.8, 4) is 17.3 Å². The van der Waals surface area contributed by atoms with Crippen LogP contribution in [0.4, 0.5) is 5.13 Å². The molecule has 2 aromatic heterocycles. The Bertz CT molecular complexity index is 756. The number of carbonyl (C=O) groups excluding carboxylic acids is 1. The molecule has 22 heavy (non-hydrogen) atoms. The fraction of sp³-hybridized carbons (Fsp3) is 0.357. The van der Waals surface area contributed by atoms with Gasteiger partial charge in [-0.3, -0.25) is 4.79 Å². The van der Waals surface area contributed by atoms with Gasteiger partial charge in [-0.05, 0) is 18.9 Å². The minimum absolute atomic E-state index is 0.261. The van der Waals surface area contributed by atoms with Crippen LogP contribution in [0, 0.1) is 16.7 Å². The quantitative estimate of drug-likeness (QED) is 0.805. The molecule has 1 fully saturated rings. The summed E-state index contributed by atoms with van der Waals surface area (Å²) in [5, 5.41) is 14.4. The van der Waals surface area contributed by atoms with Gasteiger partial charge in [-0.2, -0.15) is 5.26 Å². The van der Waals surface area contributed by atoms with Crippen LogP contribution in [0.1, 0.15) is 25.7 Å². The van der Waals surface area contributed by atoms with Crippen molar-refractivity contribution >= 4 is 56.9 Å². The van der Waals surface area contributed by atoms with Crippen LogP contribution >= 0.6 is 45.9 Å². The Morgan fingerprint density at radius 2 is 2.14 bits per heavy atom. The Hall–Kier alpha value is -1.13. The van der Waals surface area contributed by atoms with E-state index in [1.807, 2.05) is 5.38 Å². The summed E-state index contributed by atoms with van der Waals surface area (Å²) in [4.78, 5) is 16.7. The normalized spacial score (nSPS) is 16.4. The third kappa shape index (κ3) is 2.86. The van der Waals surface area contributed by atoms with Gasteiger partial charge >= 0.3 is 0 Å². The molecule has 0 spiro atoms. The van der Waals surface area contributed by atoms with Crippen molar-refractivity contribution in [3.05, 3.63) is 20.1 Å². The maximum absolute atomic E-state index is 12.4. The number of hydrogen-bond donors (Lipinski definition) is 1. The first kappa shape index (κ1) is 15.8. The molecule has 1 amide bonds. The van der Waals surface area contributed by atoms with Gasteiger partial charge in [0.2, 0.25) is 5.91 Å². The van der Waals surface area contributed by atoms with Crippen molar-refractivity contribution < 1.29 is 4.79 Å². The number of nitrogens with one attached hydrogen (secondary N) is 1. The fourth-order valence-corrected chi connectivity index (χ4v) is 4.74. The molecule has 1 N–H and O–H groups in total. The monoisotopic (exact) mass is 371 g/mol. The minimum atomic E-state index is -0.908. The smallest absolute Gasteiger partial charge is 0.246 e. The van der Waals surface area contributed by atoms with Crippen molar-refractivity contribution in [2.75, 3.05) is 5.32 Å². The summed E-state index contributed by atoms with van der Waals surface area (Å²) in [7, 11) is 0. The molecule has 0 bridgehead atoms. The van der Waals surface area contributed by atoms with Crippen molar-refractivity contribution in [1.82, 2.24) is 4.98 Å². The third-order valence-electron chi connectivity index (χ3n) is 3.76. The Morgan fingerprint density at radius 3 is 2.73 bits per heavy atom. The number of nitrogens with zero attached hydrogens (tertiary/aromatic N) is 2. The highest BCUT2D eigenvalue weighted by Gasteiger charge is 2.41. The first-order chi connectivity index (χ1) is 10.5. The van der Waals surface area contributed by atoms with Crippen LogP contribution < -0.4 is 5.32 Å². The first-order valence-electron chi connectivity index (χ1n) is 6.67. The van der Waals surface area contributed by atoms with Crippen molar-refractivity contribution in [3.63, 3.8) is 0 Å². The van der Waals surface area contributed by atoms with Crippen LogP contribution in [0.15, 0.2) is 11.4 Å². The largest absolute Gasteiger partial charge is 0.301 e. The number of rotatable bonds is 3. The number of carbonyl (C=O) groups is 1. The highest BCUT2D eigenvalue weighted by molar-refractivity contribution is 7.20. The highest BCUT2D eigenvalue weighted by Crippen LogP contribution is 2.41. The molecule has 2 heterocycles. The number of anilines is 1. The zero-order valence-electron chi connectivity index (χ0n) is 11.4. The minimum Gasteiger partial charge on any atom is -0.301 e. The SMILES string of the molecule is N#CC1(C(=O)Nc2nc(-c3cc(Cl)sc3Cl)cs2)CCCC1. The van der Waals surface area contributed by atoms with Crippen LogP contribution in [0.3, 0.4) is 0 Å². The maximum Gasteiger partial charge on any atom is 0.246 e. The van der Waals surface area contributed by atoms with Crippen molar-refractivity contribution in [1.29, 1.82) is 5.26 Å². The highest BCUT2D eigenvalue weighted by atomic mass is 35.5. The zero-order chi connectivity index (χ0) is 15.7. The molecule has 1 saturated carbocycles. The summed E-state index contributed by atoms with van der Waals surface area (Å²) in [5.41, 5.74) is 0.519. The molecule has 0 aliphatic heterocycles. The molecule has 0 saturated heterocycles. The molecule has 0 radical (unpaired) electrons. The number of thiophene rings is 1. The van der Waals surface area contributed by atoms with Crippen molar-refractivity contribution in [2.45, 2.75) is 25.7 Å². The number of halogens is 2. The average molecular weight is 372 g/mol. The Kier molecular flexibility index (Phi) is 4.42. The van der Waals surface area contributed by atoms with E-state index in [0.29, 0.717) is 32.3 Å². The van der Waals surface area contributed by atoms with E-state index in [4.69, 9.17) is 23.2 Å². The predicted octanol–water partition coefficient (Wildman–Crippen LogP) is 5.20. The van der Waals surface area contributed by atoms with E-state index in [9.17, 15) is 10.1 Å². The molecular formula is C14H11Cl2N3OS2. The lowest BCUT2D eigenvalue weighted by molar-refractivity contribution is -0.122. The summed E-state index contributed by atoms with van der Waals surface area (Å²) < 4.78 is 1.16. The van der Waals surface area contributed by atoms with Crippen LogP contribution in [0.2, 0.25) is 8.67 Å². The van der Waals surface area contributed by atoms with Gasteiger partial charge in [-0.15, -0.1) is 22.7 Å². The van der Waals surface area contributed by atoms with E-state index < -0.39 is 5.41 Å². The molecule has 3 rings (SSSR count). The van der Waals surface area contributed by atoms with Gasteiger partial charge in [-0.1, -0.05) is 36.0 Å². The number of hydrogen-bond acceptors (Lipinski definition) is 5. The number of amides is 1. The Morgan fingerprint density at radius 1 is 1.41 bits per heavy atom. The second-order valence-corrected chi connectivity index (χ2v) is 8.27. The average Bonchev–Trinajstić information content (AvgIpc) is 3.19. The topological polar surface area (TPSA) is 65.8 Å². The number of thiazole rings is 1. The van der Waals surface area contributed by atoms with E-state index in [2.05, 4.69) is 16.4 Å². The zero-order valence-corrected chi connectivity index (χ0v) is 14.5. The Balaban J connectivity index is 1.79. The van der Waals surface area contributed by atoms with Crippen LogP contribution in [-0.4, -0.2) is 10.9 Å². The van der Waals surface area contributed by atoms with E-state index in [1.54, 1.807) is 6.07 Å². The van der Waals surface area contributed by atoms with E-state index in [-0.39, 0.29) is 5.91 Å². The number of aromatic nitrogens is 1. The molecule has 2 aromatic rings. The summed E-state index contributed by atoms with van der Waals surface area (Å²) in [6.07, 6.45) is 3.04. The third-order valence-corrected chi connectivity index (χ3v) is 6.01. The molecule has 0 unspecified atom stereocenters. The summed E-state index contributed by atoms with van der Waals surface area (Å²) >= 11 is 14.6. The van der Waals surface area contributed by atoms with E-state index >= 15 is 0 Å². The van der Waals surface area contributed by atoms with Gasteiger partial charge in [0.25, 0.3) is 0 Å². The standard InChI is InChI=1S/C14H11Cl2N3OS2/c15-10-5-8(11(16)22-10)9-6-21-13(18-9)19-12(20)14(7-17)3-1-2-4-14/h5-6H,1-4H2,(H,18,19,20). The van der Waals surface area contributed by atoms with Gasteiger partial charge in [-0.25, -0.2) is 4.98 Å². The van der Waals surface area contributed by atoms with Gasteiger partial charge < -0.3 is 5.32 Å². The summed E-state index contributed by atoms with van der Waals surface area (Å²) in [6.45, 7) is 0. The maximum atomic E-state index is 12.4. The lowest BCUT2D eigenvalue weighted by Crippen LogP contribution is -2.32. The lowest BCUT2D eigenvalue weighted by Gasteiger charge is -2.17. The van der Waals surface area contributed by atoms with Gasteiger partial charge in [0.15, 0.2) is 5.13 Å². The second kappa shape index (κ2) is 6.17. The van der Waals surface area contributed by atoms with Crippen molar-refractivity contribution in [2.24, 2.45) is 5.41 Å². The van der Waals surface area contributed by atoms with E-state index in [1.165, 1.54) is 22.7 Å². The molecule has 0 aromatic carbocycles. The summed E-state index contributed by atoms with van der Waals surface area (Å²) in [5.74, 6) is -0.261. The predicted molar refractivity (Wildman–Crippen MR) is 90.6 cm³/mol. The van der Waals surface area contributed by atoms with Crippen LogP contribution in [0.25, 0.3) is 11.3 Å². The van der Waals surface area contributed by atoms with Gasteiger partial charge in [0.05, 0.1) is 16.1 Å². The van der Waals surface area contributed by atoms with Gasteiger partial charge in [0, 0.05) is 10.9 Å². The molecule has 1 aliphatic rings. The number of nitriles is 1. The second-order valence-electron chi connectivity index (χ2n) is 5.13. The fourth-order valence-electron chi connectivity index (χ4n) is 2.55. The molecule has 1 aliphatic carbocycles. The molecule has 0 atom stereocenters. The van der Waals surface area contributed by atoms with Crippen LogP contribution in [-0.2, 0) is 4.79 Å². The summed E-state index contributed by atoms with van der Waals surface area (Å²) in [6, 6.07) is 3.93. The molecule has 114 valence electrons. The van der Waals surface area contributed by atoms with E-state index in [0.717, 1.165) is 18.4 Å². The Labute approximate surface area is 145 Å². The first-order valence-corrected chi connectivity index (χ1v) is 9.13. The molecule has 4 nitrogen and oxygen atoms in total. The lowest BCUT2D eigenvalue weighted by atomic mass is 9.87. The molecular weight excluding hydrogens is 361 g/mol. The van der Waals surface area contributed by atoms with Gasteiger partial charge in [0.1, 0.15) is 9.75 Å². The van der Waals surface area contributed by atoms with Crippen LogP contribution in [0.5, 0.6) is 0 Å². The molecule has 8 heteroatoms.